The summed E-state index contributed by atoms with van der Waals surface area (Å²) in [6.07, 6.45) is -7.96. The zero-order valence-electron chi connectivity index (χ0n) is 7.24. The van der Waals surface area contributed by atoms with Crippen LogP contribution >= 0.6 is 0 Å². The summed E-state index contributed by atoms with van der Waals surface area (Å²) in [4.78, 5) is 10.7. The Morgan fingerprint density at radius 1 is 1.50 bits per heavy atom. The van der Waals surface area contributed by atoms with Crippen molar-refractivity contribution in [2.45, 2.75) is 26.3 Å². The zero-order chi connectivity index (χ0) is 11.5. The molecule has 0 aromatic heterocycles. The average molecular weight is 235 g/mol. The molecule has 1 atom stereocenters. The van der Waals surface area contributed by atoms with Crippen LogP contribution < -0.4 is 0 Å². The van der Waals surface area contributed by atoms with Crippen molar-refractivity contribution >= 4 is 17.4 Å². The highest BCUT2D eigenvalue weighted by Gasteiger charge is 2.46. The molecular formula is C5H8F3NO4S. The van der Waals surface area contributed by atoms with E-state index >= 15 is 0 Å². The van der Waals surface area contributed by atoms with Crippen LogP contribution in [0.5, 0.6) is 0 Å². The third-order valence-electron chi connectivity index (χ3n) is 0.889. The van der Waals surface area contributed by atoms with Crippen LogP contribution in [0.15, 0.2) is 0 Å². The monoisotopic (exact) mass is 235 g/mol. The van der Waals surface area contributed by atoms with Gasteiger partial charge in [0.05, 0.1) is 6.10 Å². The van der Waals surface area contributed by atoms with E-state index < -0.39 is 34.1 Å². The van der Waals surface area contributed by atoms with Crippen molar-refractivity contribution in [2.24, 2.45) is 0 Å². The molecule has 84 valence electrons. The molecule has 1 unspecified atom stereocenters. The normalized spacial score (nSPS) is 13.9. The van der Waals surface area contributed by atoms with Gasteiger partial charge in [-0.25, -0.2) is 9.00 Å². The lowest BCUT2D eigenvalue weighted by Gasteiger charge is -2.20. The molecule has 0 bridgehead atoms. The van der Waals surface area contributed by atoms with Crippen molar-refractivity contribution in [3.05, 3.63) is 0 Å². The van der Waals surface area contributed by atoms with E-state index in [0.717, 1.165) is 0 Å². The van der Waals surface area contributed by atoms with Gasteiger partial charge in [0.15, 0.2) is 0 Å². The minimum atomic E-state index is -5.24. The summed E-state index contributed by atoms with van der Waals surface area (Å²) < 4.78 is 57.1. The van der Waals surface area contributed by atoms with Gasteiger partial charge in [0.2, 0.25) is 0 Å². The van der Waals surface area contributed by atoms with E-state index in [0.29, 0.717) is 0 Å². The number of hydrogen-bond acceptors (Lipinski definition) is 3. The molecule has 1 N–H and O–H groups in total. The van der Waals surface area contributed by atoms with Crippen molar-refractivity contribution < 1.29 is 31.5 Å². The number of halogens is 3. The lowest BCUT2D eigenvalue weighted by Crippen LogP contribution is -2.44. The molecule has 1 amide bonds. The quantitative estimate of drug-likeness (QED) is 0.581. The van der Waals surface area contributed by atoms with Gasteiger partial charge in [0, 0.05) is 0 Å². The van der Waals surface area contributed by atoms with Crippen LogP contribution in [0.2, 0.25) is 0 Å². The fourth-order valence-corrected chi connectivity index (χ4v) is 0.853. The smallest absolute Gasteiger partial charge is 0.446 e. The van der Waals surface area contributed by atoms with Gasteiger partial charge < -0.3 is 4.74 Å². The summed E-state index contributed by atoms with van der Waals surface area (Å²) >= 11 is -3.49. The topological polar surface area (TPSA) is 66.8 Å². The number of carbonyl (C=O) groups is 1. The molecule has 0 saturated heterocycles. The van der Waals surface area contributed by atoms with E-state index in [1.165, 1.54) is 13.8 Å². The predicted molar refractivity (Wildman–Crippen MR) is 40.3 cm³/mol. The van der Waals surface area contributed by atoms with E-state index in [9.17, 15) is 22.2 Å². The Morgan fingerprint density at radius 2 is 1.93 bits per heavy atom. The third-order valence-corrected chi connectivity index (χ3v) is 1.56. The van der Waals surface area contributed by atoms with Crippen molar-refractivity contribution in [1.29, 1.82) is 0 Å². The number of alkyl halides is 3. The van der Waals surface area contributed by atoms with Gasteiger partial charge in [0.25, 0.3) is 11.3 Å². The van der Waals surface area contributed by atoms with Crippen LogP contribution in [0.1, 0.15) is 13.8 Å². The standard InChI is InChI=1S/C5H8F3NO4S/c1-3(2)13-4(10)9(14(11)12)5(6,7)8/h3H,1-2H3,(H,11,12). The maximum absolute atomic E-state index is 11.9. The number of rotatable bonds is 2. The van der Waals surface area contributed by atoms with Crippen LogP contribution in [0.25, 0.3) is 0 Å². The van der Waals surface area contributed by atoms with Crippen molar-refractivity contribution in [3.8, 4) is 0 Å². The first-order valence-corrected chi connectivity index (χ1v) is 4.41. The molecule has 0 fully saturated rings. The van der Waals surface area contributed by atoms with Crippen molar-refractivity contribution in [2.75, 3.05) is 0 Å². The minimum absolute atomic E-state index is 0.809. The summed E-state index contributed by atoms with van der Waals surface area (Å²) in [7, 11) is 0. The van der Waals surface area contributed by atoms with E-state index in [2.05, 4.69) is 4.74 Å². The highest BCUT2D eigenvalue weighted by Crippen LogP contribution is 2.23. The largest absolute Gasteiger partial charge is 0.503 e. The highest BCUT2D eigenvalue weighted by atomic mass is 32.2. The minimum Gasteiger partial charge on any atom is -0.446 e. The molecule has 0 rings (SSSR count). The summed E-state index contributed by atoms with van der Waals surface area (Å²) in [5, 5.41) is 0. The molecular weight excluding hydrogens is 227 g/mol. The molecule has 5 nitrogen and oxygen atoms in total. The number of hydrogen-bond donors (Lipinski definition) is 1. The number of nitrogens with zero attached hydrogens (tertiary/aromatic N) is 1. The first-order valence-electron chi connectivity index (χ1n) is 3.34. The van der Waals surface area contributed by atoms with Crippen molar-refractivity contribution in [3.63, 3.8) is 0 Å². The molecule has 14 heavy (non-hydrogen) atoms. The van der Waals surface area contributed by atoms with E-state index in [1.807, 2.05) is 0 Å². The maximum Gasteiger partial charge on any atom is 0.503 e. The molecule has 0 heterocycles. The van der Waals surface area contributed by atoms with Gasteiger partial charge in [-0.05, 0) is 13.8 Å². The van der Waals surface area contributed by atoms with Crippen LogP contribution in [-0.4, -0.2) is 31.6 Å². The van der Waals surface area contributed by atoms with Gasteiger partial charge in [-0.3, -0.25) is 4.55 Å². The summed E-state index contributed by atoms with van der Waals surface area (Å²) in [6.45, 7) is 2.62. The lowest BCUT2D eigenvalue weighted by molar-refractivity contribution is -0.199. The first-order chi connectivity index (χ1) is 6.16. The lowest BCUT2D eigenvalue weighted by atomic mass is 10.5. The Labute approximate surface area is 80.2 Å². The van der Waals surface area contributed by atoms with Crippen LogP contribution in [-0.2, 0) is 16.0 Å². The molecule has 0 aromatic rings. The molecule has 0 aromatic carbocycles. The molecule has 9 heteroatoms. The third kappa shape index (κ3) is 3.92. The van der Waals surface area contributed by atoms with Gasteiger partial charge in [-0.1, -0.05) is 0 Å². The second-order valence-corrected chi connectivity index (χ2v) is 3.25. The predicted octanol–water partition coefficient (Wildman–Crippen LogP) is 1.49. The van der Waals surface area contributed by atoms with E-state index in [1.54, 1.807) is 0 Å². The summed E-state index contributed by atoms with van der Waals surface area (Å²) in [6, 6.07) is 0. The molecule has 0 aliphatic carbocycles. The first kappa shape index (κ1) is 13.2. The van der Waals surface area contributed by atoms with Gasteiger partial charge in [-0.2, -0.15) is 0 Å². The number of carbonyl (C=O) groups excluding carboxylic acids is 1. The van der Waals surface area contributed by atoms with E-state index in [-0.39, 0.29) is 0 Å². The molecule has 0 aliphatic heterocycles. The number of amides is 1. The van der Waals surface area contributed by atoms with Gasteiger partial charge >= 0.3 is 12.4 Å². The maximum atomic E-state index is 11.9. The summed E-state index contributed by atoms with van der Waals surface area (Å²) in [5.41, 5.74) is 0. The van der Waals surface area contributed by atoms with Gasteiger partial charge in [0.1, 0.15) is 0 Å². The SMILES string of the molecule is CC(C)OC(=O)N(S(=O)O)C(F)(F)F. The Hall–Kier alpha value is -0.830. The van der Waals surface area contributed by atoms with Crippen LogP contribution in [0.3, 0.4) is 0 Å². The average Bonchev–Trinajstić information content (AvgIpc) is 1.78. The Morgan fingerprint density at radius 3 is 2.14 bits per heavy atom. The fourth-order valence-electron chi connectivity index (χ4n) is 0.505. The molecule has 0 saturated carbocycles. The fraction of sp³-hybridized carbons (Fsp3) is 0.800. The Balaban J connectivity index is 4.68. The summed E-state index contributed by atoms with van der Waals surface area (Å²) in [5.74, 6) is 0. The van der Waals surface area contributed by atoms with E-state index in [4.69, 9.17) is 4.55 Å². The second-order valence-electron chi connectivity index (χ2n) is 2.43. The van der Waals surface area contributed by atoms with Gasteiger partial charge in [-0.15, -0.1) is 17.5 Å². The Kier molecular flexibility index (Phi) is 4.33. The molecule has 0 spiro atoms. The zero-order valence-corrected chi connectivity index (χ0v) is 8.06. The number of ether oxygens (including phenoxy) is 1. The molecule has 0 aliphatic rings. The second kappa shape index (κ2) is 4.60. The van der Waals surface area contributed by atoms with Crippen LogP contribution in [0.4, 0.5) is 18.0 Å². The molecule has 0 radical (unpaired) electrons. The van der Waals surface area contributed by atoms with Crippen LogP contribution in [0, 0.1) is 0 Å². The Bertz CT molecular complexity index is 242. The van der Waals surface area contributed by atoms with Crippen molar-refractivity contribution in [1.82, 2.24) is 4.31 Å². The highest BCUT2D eigenvalue weighted by molar-refractivity contribution is 7.77.